The number of rotatable bonds is 18. The Balaban J connectivity index is 2.45. The number of carboxylic acid groups (broad SMARTS) is 1. The number of Topliss-reactive ketones (excluding diaryl/α,β-unsaturated/α-hetero) is 1. The van der Waals surface area contributed by atoms with Crippen molar-refractivity contribution in [1.29, 1.82) is 0 Å². The highest BCUT2D eigenvalue weighted by Crippen LogP contribution is 2.25. The molecule has 0 aromatic heterocycles. The molecule has 0 aliphatic carbocycles. The van der Waals surface area contributed by atoms with E-state index in [-0.39, 0.29) is 51.0 Å². The Morgan fingerprint density at radius 2 is 1.57 bits per heavy atom. The molecule has 1 aromatic rings. The second-order valence-corrected chi connectivity index (χ2v) is 13.7. The lowest BCUT2D eigenvalue weighted by Gasteiger charge is -2.38. The first kappa shape index (κ1) is 39.3. The maximum absolute atomic E-state index is 14.5. The maximum atomic E-state index is 14.5. The number of amides is 5. The van der Waals surface area contributed by atoms with Crippen molar-refractivity contribution in [2.24, 2.45) is 23.5 Å². The second-order valence-electron chi connectivity index (χ2n) is 13.7. The van der Waals surface area contributed by atoms with Gasteiger partial charge in [-0.15, -0.1) is 0 Å². The van der Waals surface area contributed by atoms with Crippen LogP contribution in [0.5, 0.6) is 0 Å². The Kier molecular flexibility index (Phi) is 15.4. The highest BCUT2D eigenvalue weighted by Gasteiger charge is 2.48. The van der Waals surface area contributed by atoms with Crippen LogP contribution < -0.4 is 16.4 Å². The molecule has 1 unspecified atom stereocenters. The summed E-state index contributed by atoms with van der Waals surface area (Å²) in [6.45, 7) is 9.94. The summed E-state index contributed by atoms with van der Waals surface area (Å²) in [4.78, 5) is 96.0. The SMILES string of the molecule is [2H]CCCC(=O)C(=O)N(C(=O)[C@@H]1CCCN1C(=O)[C@@H](NC(=O)CCCc1ccccc1)C(C)C)[C@H](C(=O)N[C@H](C(=O)O)C(C)C)C(N)C(C)C. The van der Waals surface area contributed by atoms with E-state index in [4.69, 9.17) is 7.10 Å². The first-order chi connectivity index (χ1) is 23.5. The monoisotopic (exact) mass is 686 g/mol. The predicted octanol–water partition coefficient (Wildman–Crippen LogP) is 2.44. The quantitative estimate of drug-likeness (QED) is 0.168. The van der Waals surface area contributed by atoms with Crippen molar-refractivity contribution in [3.8, 4) is 0 Å². The fourth-order valence-corrected chi connectivity index (χ4v) is 5.83. The van der Waals surface area contributed by atoms with Gasteiger partial charge in [-0.2, -0.15) is 0 Å². The molecule has 1 aromatic carbocycles. The zero-order valence-electron chi connectivity index (χ0n) is 30.6. The van der Waals surface area contributed by atoms with Gasteiger partial charge in [-0.25, -0.2) is 4.79 Å². The number of nitrogens with zero attached hydrogens (tertiary/aromatic N) is 2. The first-order valence-corrected chi connectivity index (χ1v) is 17.1. The molecule has 0 saturated carbocycles. The highest BCUT2D eigenvalue weighted by molar-refractivity contribution is 6.39. The molecule has 49 heavy (non-hydrogen) atoms. The van der Waals surface area contributed by atoms with Gasteiger partial charge in [0.25, 0.3) is 11.8 Å². The minimum atomic E-state index is -1.78. The Hall–Kier alpha value is -4.13. The summed E-state index contributed by atoms with van der Waals surface area (Å²) in [5, 5.41) is 15.0. The van der Waals surface area contributed by atoms with E-state index < -0.39 is 77.4 Å². The Labute approximate surface area is 291 Å². The number of nitrogens with one attached hydrogen (secondary N) is 2. The normalized spacial score (nSPS) is 17.2. The fraction of sp³-hybridized carbons (Fsp3) is 0.639. The molecule has 0 radical (unpaired) electrons. The number of imide groups is 1. The van der Waals surface area contributed by atoms with E-state index >= 15 is 0 Å². The van der Waals surface area contributed by atoms with Crippen molar-refractivity contribution in [2.75, 3.05) is 6.54 Å². The van der Waals surface area contributed by atoms with Gasteiger partial charge >= 0.3 is 5.97 Å². The van der Waals surface area contributed by atoms with E-state index in [9.17, 15) is 38.7 Å². The molecule has 13 nitrogen and oxygen atoms in total. The molecule has 5 N–H and O–H groups in total. The van der Waals surface area contributed by atoms with Crippen molar-refractivity contribution in [1.82, 2.24) is 20.4 Å². The summed E-state index contributed by atoms with van der Waals surface area (Å²) in [6, 6.07) is 3.06. The average Bonchev–Trinajstić information content (AvgIpc) is 3.56. The third-order valence-corrected chi connectivity index (χ3v) is 8.79. The second kappa shape index (κ2) is 19.2. The minimum Gasteiger partial charge on any atom is -0.480 e. The largest absolute Gasteiger partial charge is 0.480 e. The van der Waals surface area contributed by atoms with Gasteiger partial charge in [0.2, 0.25) is 23.5 Å². The van der Waals surface area contributed by atoms with Gasteiger partial charge in [-0.1, -0.05) is 78.8 Å². The number of ketones is 1. The molecule has 1 heterocycles. The standard InChI is InChI=1S/C36H55N5O8/c1-8-14-26(42)34(46)41(31(28(37)21(2)3)32(44)39-30(23(6)7)36(48)49)33(45)25-18-13-20-40(25)35(47)29(22(4)5)38-27(43)19-12-17-24-15-10-9-11-16-24/h9-11,15-16,21-23,25,28-31H,8,12-14,17-20,37H2,1-7H3,(H,38,43)(H,39,44)(H,48,49)/t25-,28?,29-,30-,31-/m0/s1/i1D. The van der Waals surface area contributed by atoms with Crippen LogP contribution in [0.2, 0.25) is 0 Å². The third kappa shape index (κ3) is 11.2. The van der Waals surface area contributed by atoms with Crippen LogP contribution >= 0.6 is 0 Å². The minimum absolute atomic E-state index is 0.0310. The van der Waals surface area contributed by atoms with E-state index in [0.717, 1.165) is 5.56 Å². The number of hydrogen-bond donors (Lipinski definition) is 4. The van der Waals surface area contributed by atoms with Gasteiger partial charge in [0.15, 0.2) is 0 Å². The number of carbonyl (C=O) groups is 7. The van der Waals surface area contributed by atoms with E-state index in [1.165, 1.54) is 4.90 Å². The average molecular weight is 687 g/mol. The zero-order valence-corrected chi connectivity index (χ0v) is 29.6. The Morgan fingerprint density at radius 1 is 0.939 bits per heavy atom. The molecule has 1 aliphatic rings. The lowest BCUT2D eigenvalue weighted by atomic mass is 9.93. The van der Waals surface area contributed by atoms with Gasteiger partial charge in [0.1, 0.15) is 24.2 Å². The molecule has 13 heteroatoms. The van der Waals surface area contributed by atoms with Gasteiger partial charge in [0, 0.05) is 26.8 Å². The van der Waals surface area contributed by atoms with Gasteiger partial charge in [0.05, 0.1) is 0 Å². The number of likely N-dealkylation sites (tertiary alicyclic amines) is 1. The van der Waals surface area contributed by atoms with E-state index in [1.807, 2.05) is 30.3 Å². The fourth-order valence-electron chi connectivity index (χ4n) is 5.83. The highest BCUT2D eigenvalue weighted by atomic mass is 16.4. The predicted molar refractivity (Wildman–Crippen MR) is 184 cm³/mol. The number of carboxylic acids is 1. The molecule has 0 spiro atoms. The zero-order chi connectivity index (χ0) is 37.7. The first-order valence-electron chi connectivity index (χ1n) is 17.9. The molecule has 2 rings (SSSR count). The summed E-state index contributed by atoms with van der Waals surface area (Å²) in [7, 11) is 0. The number of carbonyl (C=O) groups excluding carboxylic acids is 6. The Morgan fingerprint density at radius 3 is 2.12 bits per heavy atom. The third-order valence-electron chi connectivity index (χ3n) is 8.79. The van der Waals surface area contributed by atoms with E-state index in [1.54, 1.807) is 41.5 Å². The van der Waals surface area contributed by atoms with Crippen molar-refractivity contribution >= 4 is 41.3 Å². The summed E-state index contributed by atoms with van der Waals surface area (Å²) >= 11 is 0. The summed E-state index contributed by atoms with van der Waals surface area (Å²) in [6.07, 6.45) is 1.56. The smallest absolute Gasteiger partial charge is 0.326 e. The lowest BCUT2D eigenvalue weighted by molar-refractivity contribution is -0.161. The molecular formula is C36H55N5O8. The Bertz CT molecular complexity index is 1350. The van der Waals surface area contributed by atoms with Crippen LogP contribution in [-0.4, -0.2) is 92.9 Å². The summed E-state index contributed by atoms with van der Waals surface area (Å²) in [5.41, 5.74) is 7.54. The van der Waals surface area contributed by atoms with Crippen molar-refractivity contribution in [3.05, 3.63) is 35.9 Å². The van der Waals surface area contributed by atoms with Gasteiger partial charge in [-0.05, 0) is 55.4 Å². The summed E-state index contributed by atoms with van der Waals surface area (Å²) in [5.74, 6) is -8.01. The van der Waals surface area contributed by atoms with Crippen LogP contribution in [0, 0.1) is 17.8 Å². The van der Waals surface area contributed by atoms with Crippen LogP contribution in [0.15, 0.2) is 30.3 Å². The van der Waals surface area contributed by atoms with Crippen LogP contribution in [-0.2, 0) is 40.0 Å². The molecule has 1 saturated heterocycles. The lowest BCUT2D eigenvalue weighted by Crippen LogP contribution is -2.66. The van der Waals surface area contributed by atoms with Gasteiger partial charge < -0.3 is 26.4 Å². The van der Waals surface area contributed by atoms with E-state index in [2.05, 4.69) is 10.6 Å². The number of benzene rings is 1. The topological polar surface area (TPSA) is 196 Å². The number of nitrogens with two attached hydrogens (primary N) is 1. The van der Waals surface area contributed by atoms with Crippen LogP contribution in [0.3, 0.4) is 0 Å². The van der Waals surface area contributed by atoms with E-state index in [0.29, 0.717) is 24.2 Å². The van der Waals surface area contributed by atoms with Crippen LogP contribution in [0.1, 0.15) is 93.9 Å². The molecule has 5 atom stereocenters. The molecule has 272 valence electrons. The molecule has 0 bridgehead atoms. The van der Waals surface area contributed by atoms with Crippen molar-refractivity contribution in [3.63, 3.8) is 0 Å². The van der Waals surface area contributed by atoms with Crippen molar-refractivity contribution < 1.29 is 40.0 Å². The molecule has 1 aliphatic heterocycles. The maximum Gasteiger partial charge on any atom is 0.326 e. The van der Waals surface area contributed by atoms with Crippen LogP contribution in [0.4, 0.5) is 0 Å². The van der Waals surface area contributed by atoms with Crippen molar-refractivity contribution in [2.45, 2.75) is 124 Å². The number of aliphatic carboxylic acids is 1. The molecule has 1 fully saturated rings. The number of hydrogen-bond acceptors (Lipinski definition) is 8. The molecule has 5 amide bonds. The van der Waals surface area contributed by atoms with Gasteiger partial charge in [-0.3, -0.25) is 33.7 Å². The number of aryl methyl sites for hydroxylation is 1. The van der Waals surface area contributed by atoms with Crippen LogP contribution in [0.25, 0.3) is 0 Å². The summed E-state index contributed by atoms with van der Waals surface area (Å²) < 4.78 is 7.41. The molecular weight excluding hydrogens is 630 g/mol.